The van der Waals surface area contributed by atoms with Gasteiger partial charge in [0.2, 0.25) is 11.8 Å². The van der Waals surface area contributed by atoms with Crippen molar-refractivity contribution in [3.8, 4) is 11.5 Å². The minimum absolute atomic E-state index is 0.0121. The lowest BCUT2D eigenvalue weighted by Crippen LogP contribution is -2.52. The number of fused-ring (bicyclic) bond motifs is 1. The lowest BCUT2D eigenvalue weighted by molar-refractivity contribution is -0.135. The largest absolute Gasteiger partial charge is 0.453 e. The Bertz CT molecular complexity index is 958. The summed E-state index contributed by atoms with van der Waals surface area (Å²) in [4.78, 5) is 26.1. The van der Waals surface area contributed by atoms with Crippen LogP contribution >= 0.6 is 7.60 Å². The van der Waals surface area contributed by atoms with Gasteiger partial charge in [0, 0.05) is 12.5 Å². The van der Waals surface area contributed by atoms with E-state index in [2.05, 4.69) is 0 Å². The Morgan fingerprint density at radius 1 is 1.00 bits per heavy atom. The Labute approximate surface area is 187 Å². The number of piperidine rings is 1. The van der Waals surface area contributed by atoms with Crippen molar-refractivity contribution in [2.24, 2.45) is 17.4 Å². The molecule has 1 aliphatic heterocycles. The Balaban J connectivity index is 1.65. The highest BCUT2D eigenvalue weighted by atomic mass is 31.2. The second-order valence-electron chi connectivity index (χ2n) is 8.33. The van der Waals surface area contributed by atoms with Crippen LogP contribution in [0.25, 0.3) is 0 Å². The van der Waals surface area contributed by atoms with Crippen LogP contribution in [0.5, 0.6) is 11.5 Å². The molecule has 0 aromatic heterocycles. The number of hydrogen-bond donors (Lipinski definition) is 2. The number of primary amides is 1. The highest BCUT2D eigenvalue weighted by molar-refractivity contribution is 7.55. The van der Waals surface area contributed by atoms with Crippen molar-refractivity contribution < 1.29 is 23.2 Å². The average molecular weight is 457 g/mol. The van der Waals surface area contributed by atoms with E-state index in [1.807, 2.05) is 12.1 Å². The van der Waals surface area contributed by atoms with Crippen LogP contribution in [0, 0.1) is 5.92 Å². The van der Waals surface area contributed by atoms with E-state index in [0.29, 0.717) is 23.8 Å². The molecule has 2 aromatic rings. The smallest absolute Gasteiger partial charge is 0.415 e. The van der Waals surface area contributed by atoms with Crippen molar-refractivity contribution in [3.05, 3.63) is 60.7 Å². The summed E-state index contributed by atoms with van der Waals surface area (Å²) in [6, 6.07) is 16.6. The number of rotatable bonds is 9. The predicted molar refractivity (Wildman–Crippen MR) is 120 cm³/mol. The third kappa shape index (κ3) is 4.97. The van der Waals surface area contributed by atoms with Gasteiger partial charge in [0.1, 0.15) is 11.5 Å². The summed E-state index contributed by atoms with van der Waals surface area (Å²) in [5.74, 6) is -0.486. The first-order valence-corrected chi connectivity index (χ1v) is 12.4. The maximum atomic E-state index is 14.3. The summed E-state index contributed by atoms with van der Waals surface area (Å²) in [7, 11) is -3.88. The molecule has 4 N–H and O–H groups in total. The zero-order chi connectivity index (χ0) is 22.7. The number of nitrogens with two attached hydrogens (primary N) is 2. The topological polar surface area (TPSA) is 125 Å². The van der Waals surface area contributed by atoms with E-state index in [4.69, 9.17) is 20.5 Å². The van der Waals surface area contributed by atoms with Crippen LogP contribution in [0.4, 0.5) is 0 Å². The molecule has 9 heteroatoms. The van der Waals surface area contributed by atoms with Gasteiger partial charge in [-0.1, -0.05) is 36.4 Å². The molecule has 0 spiro atoms. The fourth-order valence-corrected chi connectivity index (χ4v) is 6.40. The van der Waals surface area contributed by atoms with Gasteiger partial charge in [0.25, 0.3) is 0 Å². The minimum Gasteiger partial charge on any atom is -0.415 e. The summed E-state index contributed by atoms with van der Waals surface area (Å²) in [6.45, 7) is 0. The Kier molecular flexibility index (Phi) is 6.53. The first kappa shape index (κ1) is 22.4. The van der Waals surface area contributed by atoms with E-state index in [0.717, 1.165) is 12.8 Å². The van der Waals surface area contributed by atoms with Gasteiger partial charge in [-0.15, -0.1) is 0 Å². The van der Waals surface area contributed by atoms with Gasteiger partial charge < -0.3 is 25.4 Å². The SMILES string of the molecule is NC(=O)CC[C@H](N)C(=O)N1C2CC2CCC1P(=O)(Oc1ccccc1)Oc1ccccc1. The van der Waals surface area contributed by atoms with Crippen molar-refractivity contribution >= 4 is 19.4 Å². The third-order valence-electron chi connectivity index (χ3n) is 5.95. The van der Waals surface area contributed by atoms with Crippen LogP contribution in [0.1, 0.15) is 32.1 Å². The summed E-state index contributed by atoms with van der Waals surface area (Å²) in [6.07, 6.45) is 2.29. The molecular formula is C23H28N3O5P. The zero-order valence-electron chi connectivity index (χ0n) is 17.7. The maximum Gasteiger partial charge on any atom is 0.453 e. The van der Waals surface area contributed by atoms with Gasteiger partial charge in [-0.3, -0.25) is 9.59 Å². The van der Waals surface area contributed by atoms with Gasteiger partial charge in [-0.05, 0) is 55.9 Å². The van der Waals surface area contributed by atoms with E-state index in [1.165, 1.54) is 0 Å². The molecule has 0 radical (unpaired) electrons. The second kappa shape index (κ2) is 9.35. The first-order valence-electron chi connectivity index (χ1n) is 10.8. The van der Waals surface area contributed by atoms with Gasteiger partial charge in [-0.25, -0.2) is 4.57 Å². The van der Waals surface area contributed by atoms with Crippen molar-refractivity contribution in [1.82, 2.24) is 4.90 Å². The van der Waals surface area contributed by atoms with Crippen LogP contribution in [0.3, 0.4) is 0 Å². The highest BCUT2D eigenvalue weighted by Crippen LogP contribution is 2.61. The van der Waals surface area contributed by atoms with Crippen molar-refractivity contribution in [3.63, 3.8) is 0 Å². The molecule has 1 saturated heterocycles. The Hall–Kier alpha value is -2.83. The van der Waals surface area contributed by atoms with Crippen LogP contribution in [0.2, 0.25) is 0 Å². The molecule has 2 fully saturated rings. The Morgan fingerprint density at radius 2 is 1.56 bits per heavy atom. The first-order chi connectivity index (χ1) is 15.4. The molecule has 1 aliphatic carbocycles. The molecule has 2 aromatic carbocycles. The third-order valence-corrected chi connectivity index (χ3v) is 8.12. The van der Waals surface area contributed by atoms with Crippen LogP contribution < -0.4 is 20.5 Å². The minimum atomic E-state index is -3.88. The fraction of sp³-hybridized carbons (Fsp3) is 0.391. The summed E-state index contributed by atoms with van der Waals surface area (Å²) in [5.41, 5.74) is 11.3. The van der Waals surface area contributed by atoms with Gasteiger partial charge >= 0.3 is 7.60 Å². The fourth-order valence-electron chi connectivity index (χ4n) is 4.24. The number of likely N-dealkylation sites (tertiary alicyclic amines) is 1. The molecule has 2 amide bonds. The molecule has 4 atom stereocenters. The van der Waals surface area contributed by atoms with E-state index < -0.39 is 25.3 Å². The quantitative estimate of drug-likeness (QED) is 0.557. The van der Waals surface area contributed by atoms with Crippen LogP contribution in [-0.2, 0) is 14.2 Å². The zero-order valence-corrected chi connectivity index (χ0v) is 18.6. The number of carbonyl (C=O) groups is 2. The number of carbonyl (C=O) groups excluding carboxylic acids is 2. The van der Waals surface area contributed by atoms with E-state index in [-0.39, 0.29) is 24.8 Å². The monoisotopic (exact) mass is 457 g/mol. The lowest BCUT2D eigenvalue weighted by Gasteiger charge is -2.39. The Morgan fingerprint density at radius 3 is 2.09 bits per heavy atom. The standard InChI is InChI=1S/C23H28N3O5P/c24-19(12-13-21(25)27)23(28)26-20-15-16(20)11-14-22(26)32(29,30-17-7-3-1-4-8-17)31-18-9-5-2-6-10-18/h1-10,16,19-20,22H,11-15,24H2,(H2,25,27)/t16?,19-,20?,22?/m0/s1. The predicted octanol–water partition coefficient (Wildman–Crippen LogP) is 3.27. The highest BCUT2D eigenvalue weighted by Gasteiger charge is 2.57. The lowest BCUT2D eigenvalue weighted by atomic mass is 10.1. The summed E-state index contributed by atoms with van der Waals surface area (Å²) < 4.78 is 26.3. The average Bonchev–Trinajstić information content (AvgIpc) is 3.57. The summed E-state index contributed by atoms with van der Waals surface area (Å²) >= 11 is 0. The van der Waals surface area contributed by atoms with Crippen LogP contribution in [-0.4, -0.2) is 34.6 Å². The number of para-hydroxylation sites is 2. The normalized spacial score (nSPS) is 23.0. The van der Waals surface area contributed by atoms with Crippen molar-refractivity contribution in [2.75, 3.05) is 0 Å². The number of hydrogen-bond acceptors (Lipinski definition) is 6. The van der Waals surface area contributed by atoms with E-state index in [9.17, 15) is 14.2 Å². The second-order valence-corrected chi connectivity index (χ2v) is 10.4. The number of nitrogens with zero attached hydrogens (tertiary/aromatic N) is 1. The van der Waals surface area contributed by atoms with Crippen molar-refractivity contribution in [1.29, 1.82) is 0 Å². The number of benzene rings is 2. The molecule has 1 saturated carbocycles. The van der Waals surface area contributed by atoms with Gasteiger partial charge in [0.15, 0.2) is 5.78 Å². The molecular weight excluding hydrogens is 429 g/mol. The summed E-state index contributed by atoms with van der Waals surface area (Å²) in [5, 5.41) is 0. The number of amides is 2. The van der Waals surface area contributed by atoms with Crippen molar-refractivity contribution in [2.45, 2.75) is 50.0 Å². The molecule has 8 nitrogen and oxygen atoms in total. The van der Waals surface area contributed by atoms with Crippen LogP contribution in [0.15, 0.2) is 60.7 Å². The molecule has 2 aliphatic rings. The molecule has 32 heavy (non-hydrogen) atoms. The van der Waals surface area contributed by atoms with Gasteiger partial charge in [-0.2, -0.15) is 0 Å². The van der Waals surface area contributed by atoms with Gasteiger partial charge in [0.05, 0.1) is 6.04 Å². The molecule has 4 rings (SSSR count). The molecule has 170 valence electrons. The molecule has 1 heterocycles. The molecule has 0 bridgehead atoms. The maximum absolute atomic E-state index is 14.3. The van der Waals surface area contributed by atoms with E-state index >= 15 is 0 Å². The molecule has 3 unspecified atom stereocenters. The van der Waals surface area contributed by atoms with E-state index in [1.54, 1.807) is 53.4 Å².